The lowest BCUT2D eigenvalue weighted by Crippen LogP contribution is -2.46. The van der Waals surface area contributed by atoms with Gasteiger partial charge >= 0.3 is 0 Å². The van der Waals surface area contributed by atoms with Crippen LogP contribution in [0.2, 0.25) is 0 Å². The zero-order valence-electron chi connectivity index (χ0n) is 14.9. The summed E-state index contributed by atoms with van der Waals surface area (Å²) in [5.41, 5.74) is 2.15. The Morgan fingerprint density at radius 1 is 1.27 bits per heavy atom. The van der Waals surface area contributed by atoms with Crippen molar-refractivity contribution < 1.29 is 9.18 Å². The molecule has 1 amide bonds. The number of piperazine rings is 1. The molecule has 2 heterocycles. The molecule has 1 aliphatic rings. The molecule has 2 N–H and O–H groups in total. The molecule has 0 spiro atoms. The normalized spacial score (nSPS) is 14.7. The molecule has 1 fully saturated rings. The number of carbonyl (C=O) groups excluding carboxylic acids is 1. The van der Waals surface area contributed by atoms with Crippen LogP contribution in [0, 0.1) is 5.82 Å². The molecule has 3 rings (SSSR count). The van der Waals surface area contributed by atoms with Crippen LogP contribution in [0.15, 0.2) is 30.5 Å². The molecule has 1 aromatic carbocycles. The van der Waals surface area contributed by atoms with E-state index in [1.54, 1.807) is 23.0 Å². The van der Waals surface area contributed by atoms with E-state index >= 15 is 0 Å². The molecule has 6 nitrogen and oxygen atoms in total. The van der Waals surface area contributed by atoms with Gasteiger partial charge in [-0.2, -0.15) is 5.10 Å². The van der Waals surface area contributed by atoms with Crippen LogP contribution in [-0.2, 0) is 6.42 Å². The Balaban J connectivity index is 0.00000243. The van der Waals surface area contributed by atoms with Gasteiger partial charge in [-0.05, 0) is 30.7 Å². The van der Waals surface area contributed by atoms with Gasteiger partial charge in [0.05, 0.1) is 23.1 Å². The average Bonchev–Trinajstić information content (AvgIpc) is 3.07. The molecule has 1 saturated heterocycles. The highest BCUT2D eigenvalue weighted by atomic mass is 35.5. The smallest absolute Gasteiger partial charge is 0.254 e. The number of nitrogens with zero attached hydrogens (tertiary/aromatic N) is 3. The predicted molar refractivity (Wildman–Crippen MR) is 102 cm³/mol. The van der Waals surface area contributed by atoms with Crippen molar-refractivity contribution in [2.45, 2.75) is 13.3 Å². The summed E-state index contributed by atoms with van der Waals surface area (Å²) < 4.78 is 14.8. The molecule has 2 aromatic rings. The maximum Gasteiger partial charge on any atom is 0.254 e. The maximum absolute atomic E-state index is 13.1. The van der Waals surface area contributed by atoms with E-state index in [0.29, 0.717) is 18.5 Å². The van der Waals surface area contributed by atoms with E-state index in [9.17, 15) is 9.18 Å². The number of hydrogen-bond donors (Lipinski definition) is 2. The molecule has 8 heteroatoms. The molecule has 0 radical (unpaired) electrons. The first-order valence-corrected chi connectivity index (χ1v) is 8.73. The molecule has 0 atom stereocenters. The summed E-state index contributed by atoms with van der Waals surface area (Å²) >= 11 is 0. The van der Waals surface area contributed by atoms with Gasteiger partial charge < -0.3 is 10.6 Å². The van der Waals surface area contributed by atoms with Crippen LogP contribution in [0.3, 0.4) is 0 Å². The van der Waals surface area contributed by atoms with Gasteiger partial charge in [-0.15, -0.1) is 12.4 Å². The molecule has 0 bridgehead atoms. The summed E-state index contributed by atoms with van der Waals surface area (Å²) in [6, 6.07) is 6.11. The van der Waals surface area contributed by atoms with Crippen molar-refractivity contribution in [3.05, 3.63) is 47.5 Å². The largest absolute Gasteiger partial charge is 0.351 e. The fourth-order valence-electron chi connectivity index (χ4n) is 3.07. The summed E-state index contributed by atoms with van der Waals surface area (Å²) in [4.78, 5) is 14.8. The topological polar surface area (TPSA) is 62.2 Å². The van der Waals surface area contributed by atoms with Gasteiger partial charge in [0.2, 0.25) is 0 Å². The minimum absolute atomic E-state index is 0. The maximum atomic E-state index is 13.1. The molecule has 0 saturated carbocycles. The predicted octanol–water partition coefficient (Wildman–Crippen LogP) is 1.63. The molecular weight excluding hydrogens is 357 g/mol. The Bertz CT molecular complexity index is 713. The van der Waals surface area contributed by atoms with E-state index in [2.05, 4.69) is 20.6 Å². The molecular formula is C18H25ClFN5O. The van der Waals surface area contributed by atoms with Crippen LogP contribution in [0.25, 0.3) is 5.69 Å². The van der Waals surface area contributed by atoms with Crippen LogP contribution in [0.1, 0.15) is 23.0 Å². The highest BCUT2D eigenvalue weighted by Crippen LogP contribution is 2.16. The lowest BCUT2D eigenvalue weighted by Gasteiger charge is -2.27. The van der Waals surface area contributed by atoms with Crippen LogP contribution < -0.4 is 10.6 Å². The number of rotatable bonds is 6. The Kier molecular flexibility index (Phi) is 7.56. The standard InChI is InChI=1S/C18H24FN5O.ClH/c1-2-17-16(13-22-24(17)15-5-3-14(19)4-6-15)18(25)21-9-12-23-10-7-20-8-11-23;/h3-6,13,20H,2,7-12H2,1H3,(H,21,25);1H. The van der Waals surface area contributed by atoms with Gasteiger partial charge in [-0.3, -0.25) is 9.69 Å². The monoisotopic (exact) mass is 381 g/mol. The second kappa shape index (κ2) is 9.66. The number of amides is 1. The first-order chi connectivity index (χ1) is 12.2. The van der Waals surface area contributed by atoms with E-state index in [-0.39, 0.29) is 24.1 Å². The average molecular weight is 382 g/mol. The number of halogens is 2. The Hall–Kier alpha value is -1.96. The zero-order valence-corrected chi connectivity index (χ0v) is 15.7. The minimum Gasteiger partial charge on any atom is -0.351 e. The first kappa shape index (κ1) is 20.4. The van der Waals surface area contributed by atoms with Crippen molar-refractivity contribution in [3.8, 4) is 5.69 Å². The van der Waals surface area contributed by atoms with Crippen molar-refractivity contribution in [2.75, 3.05) is 39.3 Å². The fraction of sp³-hybridized carbons (Fsp3) is 0.444. The van der Waals surface area contributed by atoms with E-state index in [1.165, 1.54) is 12.1 Å². The van der Waals surface area contributed by atoms with Gasteiger partial charge in [0.1, 0.15) is 5.82 Å². The van der Waals surface area contributed by atoms with Crippen LogP contribution in [0.5, 0.6) is 0 Å². The van der Waals surface area contributed by atoms with Crippen molar-refractivity contribution in [2.24, 2.45) is 0 Å². The fourth-order valence-corrected chi connectivity index (χ4v) is 3.07. The number of aromatic nitrogens is 2. The second-order valence-electron chi connectivity index (χ2n) is 6.09. The highest BCUT2D eigenvalue weighted by molar-refractivity contribution is 5.95. The Labute approximate surface area is 159 Å². The molecule has 1 aliphatic heterocycles. The van der Waals surface area contributed by atoms with Gasteiger partial charge in [0, 0.05) is 39.3 Å². The lowest BCUT2D eigenvalue weighted by atomic mass is 10.2. The van der Waals surface area contributed by atoms with Gasteiger partial charge in [-0.1, -0.05) is 6.92 Å². The van der Waals surface area contributed by atoms with Crippen molar-refractivity contribution >= 4 is 18.3 Å². The van der Waals surface area contributed by atoms with Gasteiger partial charge in [0.15, 0.2) is 0 Å². The number of benzene rings is 1. The third-order valence-electron chi connectivity index (χ3n) is 4.44. The van der Waals surface area contributed by atoms with Crippen LogP contribution in [-0.4, -0.2) is 59.9 Å². The highest BCUT2D eigenvalue weighted by Gasteiger charge is 2.17. The van der Waals surface area contributed by atoms with Crippen molar-refractivity contribution in [3.63, 3.8) is 0 Å². The number of hydrogen-bond acceptors (Lipinski definition) is 4. The van der Waals surface area contributed by atoms with Crippen LogP contribution in [0.4, 0.5) is 4.39 Å². The summed E-state index contributed by atoms with van der Waals surface area (Å²) in [5, 5.41) is 10.6. The minimum atomic E-state index is -0.292. The Morgan fingerprint density at radius 2 is 1.96 bits per heavy atom. The van der Waals surface area contributed by atoms with Crippen LogP contribution >= 0.6 is 12.4 Å². The molecule has 0 unspecified atom stereocenters. The van der Waals surface area contributed by atoms with Crippen molar-refractivity contribution in [1.29, 1.82) is 0 Å². The molecule has 1 aromatic heterocycles. The quantitative estimate of drug-likeness (QED) is 0.798. The van der Waals surface area contributed by atoms with E-state index < -0.39 is 0 Å². The zero-order chi connectivity index (χ0) is 17.6. The third-order valence-corrected chi connectivity index (χ3v) is 4.44. The third kappa shape index (κ3) is 4.81. The Morgan fingerprint density at radius 3 is 2.62 bits per heavy atom. The SMILES string of the molecule is CCc1c(C(=O)NCCN2CCNCC2)cnn1-c1ccc(F)cc1.Cl. The summed E-state index contributed by atoms with van der Waals surface area (Å²) in [6.45, 7) is 7.47. The summed E-state index contributed by atoms with van der Waals surface area (Å²) in [5.74, 6) is -0.403. The van der Waals surface area contributed by atoms with Crippen molar-refractivity contribution in [1.82, 2.24) is 25.3 Å². The summed E-state index contributed by atoms with van der Waals surface area (Å²) in [7, 11) is 0. The van der Waals surface area contributed by atoms with Gasteiger partial charge in [-0.25, -0.2) is 9.07 Å². The number of nitrogens with one attached hydrogen (secondary N) is 2. The molecule has 142 valence electrons. The van der Waals surface area contributed by atoms with E-state index in [4.69, 9.17) is 0 Å². The van der Waals surface area contributed by atoms with E-state index in [0.717, 1.165) is 44.1 Å². The summed E-state index contributed by atoms with van der Waals surface area (Å²) in [6.07, 6.45) is 2.25. The van der Waals surface area contributed by atoms with E-state index in [1.807, 2.05) is 6.92 Å². The molecule has 26 heavy (non-hydrogen) atoms. The second-order valence-corrected chi connectivity index (χ2v) is 6.09. The lowest BCUT2D eigenvalue weighted by molar-refractivity contribution is 0.0946. The molecule has 0 aliphatic carbocycles. The first-order valence-electron chi connectivity index (χ1n) is 8.73. The van der Waals surface area contributed by atoms with Gasteiger partial charge in [0.25, 0.3) is 5.91 Å². The number of carbonyl (C=O) groups is 1.